The molecule has 0 aliphatic carbocycles. The number of ether oxygens (including phenoxy) is 1. The molecule has 0 fully saturated rings. The zero-order chi connectivity index (χ0) is 26.6. The molecule has 0 spiro atoms. The van der Waals surface area contributed by atoms with Crippen molar-refractivity contribution in [2.24, 2.45) is 5.73 Å². The van der Waals surface area contributed by atoms with Crippen molar-refractivity contribution in [3.63, 3.8) is 0 Å². The molecule has 11 heteroatoms. The normalized spacial score (nSPS) is 15.9. The third-order valence-corrected chi connectivity index (χ3v) is 7.05. The summed E-state index contributed by atoms with van der Waals surface area (Å²) in [6, 6.07) is 9.36. The van der Waals surface area contributed by atoms with Gasteiger partial charge in [0.05, 0.1) is 18.7 Å². The van der Waals surface area contributed by atoms with Crippen molar-refractivity contribution in [1.29, 1.82) is 0 Å². The molecule has 0 bridgehead atoms. The molecule has 1 aliphatic heterocycles. The number of aromatic amines is 1. The van der Waals surface area contributed by atoms with E-state index in [0.717, 1.165) is 32.8 Å². The number of primary amides is 1. The van der Waals surface area contributed by atoms with Crippen LogP contribution in [0.2, 0.25) is 0 Å². The molecule has 0 radical (unpaired) electrons. The first-order valence-corrected chi connectivity index (χ1v) is 12.5. The number of hydrogen-bond donors (Lipinski definition) is 3. The number of hydrogen-bond acceptors (Lipinski definition) is 6. The van der Waals surface area contributed by atoms with Crippen molar-refractivity contribution in [1.82, 2.24) is 20.2 Å². The molecule has 0 saturated carbocycles. The third-order valence-electron chi connectivity index (χ3n) is 5.94. The van der Waals surface area contributed by atoms with E-state index in [1.165, 1.54) is 23.6 Å². The fraction of sp³-hybridized carbons (Fsp3) is 0.148. The SMILES string of the molecule is NC(=O)c1cnc2[nH]cc(-c3ccc(CNC(=O)/C4=C/C=C\N(Cc5ccc(F)c(F)c5)COC4)s3)c2c1. The summed E-state index contributed by atoms with van der Waals surface area (Å²) in [4.78, 5) is 35.3. The van der Waals surface area contributed by atoms with Gasteiger partial charge in [0.1, 0.15) is 12.4 Å². The maximum Gasteiger partial charge on any atom is 0.250 e. The molecule has 194 valence electrons. The Hall–Kier alpha value is -4.35. The fourth-order valence-corrected chi connectivity index (χ4v) is 4.98. The number of fused-ring (bicyclic) bond motifs is 1. The number of amides is 2. The Labute approximate surface area is 220 Å². The average Bonchev–Trinajstić information content (AvgIpc) is 3.52. The second-order valence-electron chi connectivity index (χ2n) is 8.64. The van der Waals surface area contributed by atoms with E-state index in [1.807, 2.05) is 18.3 Å². The maximum atomic E-state index is 13.5. The zero-order valence-electron chi connectivity index (χ0n) is 20.0. The van der Waals surface area contributed by atoms with Crippen LogP contribution in [0.3, 0.4) is 0 Å². The largest absolute Gasteiger partial charge is 0.366 e. The maximum absolute atomic E-state index is 13.5. The summed E-state index contributed by atoms with van der Waals surface area (Å²) in [5.41, 5.74) is 8.34. The molecule has 38 heavy (non-hydrogen) atoms. The lowest BCUT2D eigenvalue weighted by Gasteiger charge is -2.22. The first kappa shape index (κ1) is 25.3. The quantitative estimate of drug-likeness (QED) is 0.328. The summed E-state index contributed by atoms with van der Waals surface area (Å²) >= 11 is 1.52. The standard InChI is InChI=1S/C27H23F2N5O3S/c28-22-5-3-16(8-23(22)29)13-34-7-1-2-17(14-37-15-34)27(36)33-11-19-4-6-24(38-19)21-12-32-26-20(21)9-18(10-31-26)25(30)35/h1-10,12H,11,13-15H2,(H2,30,35)(H,31,32)(H,33,36)/b7-1-,17-2+. The Balaban J connectivity index is 1.20. The van der Waals surface area contributed by atoms with Crippen molar-refractivity contribution < 1.29 is 23.1 Å². The minimum atomic E-state index is -0.896. The summed E-state index contributed by atoms with van der Waals surface area (Å²) in [6.45, 7) is 0.954. The summed E-state index contributed by atoms with van der Waals surface area (Å²) in [5.74, 6) is -2.58. The summed E-state index contributed by atoms with van der Waals surface area (Å²) < 4.78 is 32.3. The van der Waals surface area contributed by atoms with Crippen molar-refractivity contribution in [2.45, 2.75) is 13.1 Å². The highest BCUT2D eigenvalue weighted by molar-refractivity contribution is 7.15. The first-order valence-electron chi connectivity index (χ1n) is 11.6. The molecule has 8 nitrogen and oxygen atoms in total. The number of carbonyl (C=O) groups is 2. The smallest absolute Gasteiger partial charge is 0.250 e. The van der Waals surface area contributed by atoms with Gasteiger partial charge in [-0.3, -0.25) is 9.59 Å². The molecule has 0 unspecified atom stereocenters. The Morgan fingerprint density at radius 2 is 2.05 bits per heavy atom. The van der Waals surface area contributed by atoms with Gasteiger partial charge in [-0.05, 0) is 48.0 Å². The number of aromatic nitrogens is 2. The van der Waals surface area contributed by atoms with Crippen molar-refractivity contribution in [3.05, 3.63) is 100 Å². The van der Waals surface area contributed by atoms with Gasteiger partial charge in [-0.15, -0.1) is 11.3 Å². The fourth-order valence-electron chi connectivity index (χ4n) is 4.00. The van der Waals surface area contributed by atoms with Crippen LogP contribution in [0.1, 0.15) is 20.8 Å². The van der Waals surface area contributed by atoms with Crippen LogP contribution in [0.4, 0.5) is 8.78 Å². The van der Waals surface area contributed by atoms with Crippen LogP contribution in [0.25, 0.3) is 21.5 Å². The van der Waals surface area contributed by atoms with Crippen molar-refractivity contribution in [3.8, 4) is 10.4 Å². The highest BCUT2D eigenvalue weighted by Crippen LogP contribution is 2.33. The number of nitrogens with one attached hydrogen (secondary N) is 2. The molecule has 1 aliphatic rings. The molecular weight excluding hydrogens is 512 g/mol. The van der Waals surface area contributed by atoms with Crippen LogP contribution in [0, 0.1) is 11.6 Å². The molecule has 0 atom stereocenters. The van der Waals surface area contributed by atoms with Gasteiger partial charge in [0.25, 0.3) is 0 Å². The van der Waals surface area contributed by atoms with E-state index < -0.39 is 17.5 Å². The molecule has 4 aromatic rings. The van der Waals surface area contributed by atoms with Gasteiger partial charge in [-0.25, -0.2) is 13.8 Å². The van der Waals surface area contributed by atoms with Crippen LogP contribution in [-0.2, 0) is 22.6 Å². The molecule has 3 aromatic heterocycles. The van der Waals surface area contributed by atoms with Gasteiger partial charge in [-0.1, -0.05) is 6.07 Å². The third kappa shape index (κ3) is 5.63. The van der Waals surface area contributed by atoms with Gasteiger partial charge in [0.2, 0.25) is 11.8 Å². The van der Waals surface area contributed by atoms with Crippen molar-refractivity contribution >= 4 is 34.2 Å². The molecule has 0 saturated heterocycles. The number of pyridine rings is 1. The van der Waals surface area contributed by atoms with E-state index in [-0.39, 0.29) is 19.2 Å². The van der Waals surface area contributed by atoms with Crippen molar-refractivity contribution in [2.75, 3.05) is 13.3 Å². The van der Waals surface area contributed by atoms with E-state index in [0.29, 0.717) is 35.4 Å². The number of H-pyrrole nitrogens is 1. The van der Waals surface area contributed by atoms with Gasteiger partial charge in [0, 0.05) is 51.4 Å². The number of nitrogens with zero attached hydrogens (tertiary/aromatic N) is 2. The summed E-state index contributed by atoms with van der Waals surface area (Å²) in [7, 11) is 0. The highest BCUT2D eigenvalue weighted by atomic mass is 32.1. The van der Waals surface area contributed by atoms with Gasteiger partial charge in [0.15, 0.2) is 11.6 Å². The average molecular weight is 536 g/mol. The monoisotopic (exact) mass is 535 g/mol. The topological polar surface area (TPSA) is 113 Å². The van der Waals surface area contributed by atoms with Crippen LogP contribution < -0.4 is 11.1 Å². The van der Waals surface area contributed by atoms with Gasteiger partial charge >= 0.3 is 0 Å². The van der Waals surface area contributed by atoms with Crippen LogP contribution in [-0.4, -0.2) is 40.0 Å². The number of halogens is 2. The number of allylic oxidation sites excluding steroid dienone is 2. The lowest BCUT2D eigenvalue weighted by atomic mass is 10.1. The predicted molar refractivity (Wildman–Crippen MR) is 140 cm³/mol. The number of thiophene rings is 1. The van der Waals surface area contributed by atoms with E-state index in [1.54, 1.807) is 29.3 Å². The van der Waals surface area contributed by atoms with Crippen LogP contribution in [0.5, 0.6) is 0 Å². The minimum absolute atomic E-state index is 0.102. The Morgan fingerprint density at radius 3 is 2.87 bits per heavy atom. The van der Waals surface area contributed by atoms with Gasteiger partial charge in [-0.2, -0.15) is 0 Å². The zero-order valence-corrected chi connectivity index (χ0v) is 20.9. The molecule has 2 amide bonds. The molecule has 4 heterocycles. The van der Waals surface area contributed by atoms with E-state index in [2.05, 4.69) is 15.3 Å². The number of carbonyl (C=O) groups excluding carboxylic acids is 2. The predicted octanol–water partition coefficient (Wildman–Crippen LogP) is 4.21. The van der Waals surface area contributed by atoms with E-state index in [9.17, 15) is 18.4 Å². The molecular formula is C27H23F2N5O3S. The van der Waals surface area contributed by atoms with Crippen LogP contribution in [0.15, 0.2) is 72.7 Å². The Morgan fingerprint density at radius 1 is 1.18 bits per heavy atom. The van der Waals surface area contributed by atoms with Crippen LogP contribution >= 0.6 is 11.3 Å². The molecule has 5 rings (SSSR count). The second kappa shape index (κ2) is 11.0. The van der Waals surface area contributed by atoms with E-state index >= 15 is 0 Å². The highest BCUT2D eigenvalue weighted by Gasteiger charge is 2.15. The van der Waals surface area contributed by atoms with Gasteiger partial charge < -0.3 is 25.7 Å². The van der Waals surface area contributed by atoms with E-state index in [4.69, 9.17) is 10.5 Å². The number of nitrogens with two attached hydrogens (primary N) is 1. The molecule has 4 N–H and O–H groups in total. The Kier molecular flexibility index (Phi) is 7.29. The second-order valence-corrected chi connectivity index (χ2v) is 9.81. The molecule has 1 aromatic carbocycles. The minimum Gasteiger partial charge on any atom is -0.366 e. The summed E-state index contributed by atoms with van der Waals surface area (Å²) in [5, 5.41) is 3.71. The number of rotatable bonds is 7. The Bertz CT molecular complexity index is 1580. The summed E-state index contributed by atoms with van der Waals surface area (Å²) in [6.07, 6.45) is 8.40. The number of benzene rings is 1. The lowest BCUT2D eigenvalue weighted by Crippen LogP contribution is -2.28. The first-order chi connectivity index (χ1) is 18.4. The lowest BCUT2D eigenvalue weighted by molar-refractivity contribution is -0.118.